The van der Waals surface area contributed by atoms with Crippen LogP contribution in [0.15, 0.2) is 51.4 Å². The quantitative estimate of drug-likeness (QED) is 0.855. The van der Waals surface area contributed by atoms with Crippen LogP contribution in [0, 0.1) is 0 Å². The van der Waals surface area contributed by atoms with E-state index in [1.807, 2.05) is 30.3 Å². The molecule has 2 rings (SSSR count). The molecule has 0 fully saturated rings. The number of phenolic OH excluding ortho intramolecular Hbond substituents is 1. The molecule has 0 heterocycles. The Morgan fingerprint density at radius 3 is 2.31 bits per heavy atom. The number of benzene rings is 2. The highest BCUT2D eigenvalue weighted by molar-refractivity contribution is 9.11. The lowest BCUT2D eigenvalue weighted by Crippen LogP contribution is -1.85. The van der Waals surface area contributed by atoms with Gasteiger partial charge in [-0.25, -0.2) is 0 Å². The van der Waals surface area contributed by atoms with E-state index in [9.17, 15) is 5.11 Å². The Labute approximate surface area is 110 Å². The normalized spacial score (nSPS) is 10.1. The number of aromatic hydroxyl groups is 1. The van der Waals surface area contributed by atoms with Crippen molar-refractivity contribution in [2.45, 2.75) is 0 Å². The number of ether oxygens (including phenoxy) is 1. The van der Waals surface area contributed by atoms with Gasteiger partial charge in [0.05, 0.1) is 8.95 Å². The van der Waals surface area contributed by atoms with Crippen molar-refractivity contribution < 1.29 is 9.84 Å². The largest absolute Gasteiger partial charge is 0.507 e. The highest BCUT2D eigenvalue weighted by atomic mass is 79.9. The highest BCUT2D eigenvalue weighted by Gasteiger charge is 2.07. The topological polar surface area (TPSA) is 29.5 Å². The van der Waals surface area contributed by atoms with Gasteiger partial charge in [0.25, 0.3) is 0 Å². The minimum absolute atomic E-state index is 0.147. The predicted octanol–water partition coefficient (Wildman–Crippen LogP) is 4.71. The fourth-order valence-corrected chi connectivity index (χ4v) is 2.29. The van der Waals surface area contributed by atoms with Crippen molar-refractivity contribution in [1.29, 1.82) is 0 Å². The molecule has 0 amide bonds. The van der Waals surface area contributed by atoms with Crippen molar-refractivity contribution in [3.63, 3.8) is 0 Å². The minimum Gasteiger partial charge on any atom is -0.507 e. The predicted molar refractivity (Wildman–Crippen MR) is 70.0 cm³/mol. The molecule has 0 radical (unpaired) electrons. The summed E-state index contributed by atoms with van der Waals surface area (Å²) >= 11 is 6.60. The Bertz CT molecular complexity index is 498. The van der Waals surface area contributed by atoms with Crippen molar-refractivity contribution in [3.05, 3.63) is 51.4 Å². The summed E-state index contributed by atoms with van der Waals surface area (Å²) in [5, 5.41) is 9.55. The number of phenols is 1. The molecule has 4 heteroatoms. The Morgan fingerprint density at radius 2 is 1.62 bits per heavy atom. The zero-order valence-electron chi connectivity index (χ0n) is 8.15. The molecule has 2 nitrogen and oxygen atoms in total. The number of halogens is 2. The number of rotatable bonds is 2. The van der Waals surface area contributed by atoms with Gasteiger partial charge in [-0.05, 0) is 50.1 Å². The van der Waals surface area contributed by atoms with Crippen LogP contribution in [0.25, 0.3) is 0 Å². The molecule has 1 N–H and O–H groups in total. The Hall–Kier alpha value is -1.000. The van der Waals surface area contributed by atoms with E-state index in [0.717, 1.165) is 10.2 Å². The monoisotopic (exact) mass is 342 g/mol. The van der Waals surface area contributed by atoms with E-state index in [1.54, 1.807) is 12.1 Å². The van der Waals surface area contributed by atoms with E-state index >= 15 is 0 Å². The molecule has 0 bridgehead atoms. The van der Waals surface area contributed by atoms with Crippen LogP contribution in [0.2, 0.25) is 0 Å². The third kappa shape index (κ3) is 2.57. The van der Waals surface area contributed by atoms with Crippen molar-refractivity contribution in [3.8, 4) is 17.2 Å². The van der Waals surface area contributed by atoms with E-state index in [4.69, 9.17) is 4.74 Å². The minimum atomic E-state index is 0.147. The summed E-state index contributed by atoms with van der Waals surface area (Å²) in [5.74, 6) is 1.45. The van der Waals surface area contributed by atoms with Gasteiger partial charge in [-0.3, -0.25) is 0 Å². The molecular formula is C12H8Br2O2. The molecule has 0 aliphatic rings. The molecule has 0 aliphatic carbocycles. The molecule has 0 saturated carbocycles. The molecule has 0 saturated heterocycles. The molecule has 82 valence electrons. The van der Waals surface area contributed by atoms with Crippen molar-refractivity contribution in [1.82, 2.24) is 0 Å². The summed E-state index contributed by atoms with van der Waals surface area (Å²) in [5.41, 5.74) is 0. The van der Waals surface area contributed by atoms with Crippen LogP contribution in [-0.2, 0) is 0 Å². The Morgan fingerprint density at radius 1 is 0.938 bits per heavy atom. The van der Waals surface area contributed by atoms with Crippen molar-refractivity contribution >= 4 is 31.9 Å². The van der Waals surface area contributed by atoms with E-state index in [1.165, 1.54) is 0 Å². The SMILES string of the molecule is Oc1cc(Oc2ccccc2)c(Br)cc1Br. The van der Waals surface area contributed by atoms with Gasteiger partial charge in [0, 0.05) is 6.07 Å². The second kappa shape index (κ2) is 4.89. The van der Waals surface area contributed by atoms with Crippen LogP contribution in [0.4, 0.5) is 0 Å². The van der Waals surface area contributed by atoms with Crippen molar-refractivity contribution in [2.75, 3.05) is 0 Å². The van der Waals surface area contributed by atoms with E-state index in [-0.39, 0.29) is 5.75 Å². The molecule has 0 aliphatic heterocycles. The summed E-state index contributed by atoms with van der Waals surface area (Å²) in [6.45, 7) is 0. The average molecular weight is 344 g/mol. The molecule has 0 spiro atoms. The fraction of sp³-hybridized carbons (Fsp3) is 0. The first-order valence-corrected chi connectivity index (χ1v) is 6.16. The summed E-state index contributed by atoms with van der Waals surface area (Å²) in [6.07, 6.45) is 0. The van der Waals surface area contributed by atoms with Gasteiger partial charge in [-0.2, -0.15) is 0 Å². The van der Waals surface area contributed by atoms with Crippen LogP contribution in [0.1, 0.15) is 0 Å². The van der Waals surface area contributed by atoms with Crippen LogP contribution in [0.3, 0.4) is 0 Å². The average Bonchev–Trinajstić information content (AvgIpc) is 2.27. The molecule has 2 aromatic rings. The molecule has 0 atom stereocenters. The van der Waals surface area contributed by atoms with E-state index < -0.39 is 0 Å². The van der Waals surface area contributed by atoms with Gasteiger partial charge >= 0.3 is 0 Å². The maximum Gasteiger partial charge on any atom is 0.145 e. The first kappa shape index (κ1) is 11.5. The van der Waals surface area contributed by atoms with Crippen LogP contribution in [0.5, 0.6) is 17.2 Å². The lowest BCUT2D eigenvalue weighted by molar-refractivity contribution is 0.451. The number of para-hydroxylation sites is 1. The second-order valence-electron chi connectivity index (χ2n) is 3.15. The van der Waals surface area contributed by atoms with Crippen LogP contribution < -0.4 is 4.74 Å². The van der Waals surface area contributed by atoms with Crippen LogP contribution >= 0.6 is 31.9 Å². The molecule has 2 aromatic carbocycles. The van der Waals surface area contributed by atoms with E-state index in [2.05, 4.69) is 31.9 Å². The lowest BCUT2D eigenvalue weighted by atomic mass is 10.3. The maximum atomic E-state index is 9.55. The molecule has 0 unspecified atom stereocenters. The summed E-state index contributed by atoms with van der Waals surface area (Å²) < 4.78 is 7.02. The maximum absolute atomic E-state index is 9.55. The zero-order chi connectivity index (χ0) is 11.5. The third-order valence-electron chi connectivity index (χ3n) is 1.97. The second-order valence-corrected chi connectivity index (χ2v) is 4.86. The first-order valence-electron chi connectivity index (χ1n) is 4.58. The summed E-state index contributed by atoms with van der Waals surface area (Å²) in [4.78, 5) is 0. The number of hydrogen-bond acceptors (Lipinski definition) is 2. The van der Waals surface area contributed by atoms with Crippen molar-refractivity contribution in [2.24, 2.45) is 0 Å². The van der Waals surface area contributed by atoms with Gasteiger partial charge < -0.3 is 9.84 Å². The highest BCUT2D eigenvalue weighted by Crippen LogP contribution is 2.37. The zero-order valence-corrected chi connectivity index (χ0v) is 11.3. The molecular weight excluding hydrogens is 336 g/mol. The third-order valence-corrected chi connectivity index (χ3v) is 3.23. The fourth-order valence-electron chi connectivity index (χ4n) is 1.21. The Kier molecular flexibility index (Phi) is 3.51. The molecule has 0 aromatic heterocycles. The Balaban J connectivity index is 2.32. The smallest absolute Gasteiger partial charge is 0.145 e. The number of hydrogen-bond donors (Lipinski definition) is 1. The van der Waals surface area contributed by atoms with Gasteiger partial charge in [-0.15, -0.1) is 0 Å². The lowest BCUT2D eigenvalue weighted by Gasteiger charge is -2.08. The van der Waals surface area contributed by atoms with E-state index in [0.29, 0.717) is 10.2 Å². The first-order chi connectivity index (χ1) is 7.66. The van der Waals surface area contributed by atoms with Gasteiger partial charge in [-0.1, -0.05) is 18.2 Å². The van der Waals surface area contributed by atoms with Gasteiger partial charge in [0.1, 0.15) is 17.2 Å². The van der Waals surface area contributed by atoms with Gasteiger partial charge in [0.15, 0.2) is 0 Å². The van der Waals surface area contributed by atoms with Gasteiger partial charge in [0.2, 0.25) is 0 Å². The molecule has 16 heavy (non-hydrogen) atoms. The standard InChI is InChI=1S/C12H8Br2O2/c13-9-6-10(14)12(7-11(9)15)16-8-4-2-1-3-5-8/h1-7,15H. The van der Waals surface area contributed by atoms with Crippen LogP contribution in [-0.4, -0.2) is 5.11 Å². The summed E-state index contributed by atoms with van der Waals surface area (Å²) in [7, 11) is 0. The summed E-state index contributed by atoms with van der Waals surface area (Å²) in [6, 6.07) is 12.7.